The monoisotopic (exact) mass is 447 g/mol. The van der Waals surface area contributed by atoms with Gasteiger partial charge in [0.2, 0.25) is 5.95 Å². The van der Waals surface area contributed by atoms with Crippen LogP contribution in [0.1, 0.15) is 36.0 Å². The number of carbonyl (C=O) groups excluding carboxylic acids is 1. The number of aromatic nitrogens is 2. The zero-order valence-electron chi connectivity index (χ0n) is 17.6. The van der Waals surface area contributed by atoms with E-state index in [9.17, 15) is 23.5 Å². The van der Waals surface area contributed by atoms with Crippen molar-refractivity contribution < 1.29 is 28.2 Å². The lowest BCUT2D eigenvalue weighted by Crippen LogP contribution is -2.48. The van der Waals surface area contributed by atoms with Crippen LogP contribution in [0, 0.1) is 0 Å². The molecule has 170 valence electrons. The van der Waals surface area contributed by atoms with Gasteiger partial charge in [0.25, 0.3) is 5.91 Å². The molecule has 4 rings (SSSR count). The van der Waals surface area contributed by atoms with E-state index in [0.29, 0.717) is 5.69 Å². The van der Waals surface area contributed by atoms with Crippen molar-refractivity contribution in [1.82, 2.24) is 9.97 Å². The third-order valence-corrected chi connectivity index (χ3v) is 5.82. The van der Waals surface area contributed by atoms with Gasteiger partial charge in [-0.15, -0.1) is 0 Å². The molecule has 1 fully saturated rings. The van der Waals surface area contributed by atoms with E-state index in [1.807, 2.05) is 0 Å². The summed E-state index contributed by atoms with van der Waals surface area (Å²) >= 11 is 0. The van der Waals surface area contributed by atoms with Gasteiger partial charge in [-0.05, 0) is 25.0 Å². The van der Waals surface area contributed by atoms with Crippen LogP contribution in [0.5, 0.6) is 5.75 Å². The first-order valence-corrected chi connectivity index (χ1v) is 10.2. The van der Waals surface area contributed by atoms with E-state index in [4.69, 9.17) is 4.74 Å². The van der Waals surface area contributed by atoms with Crippen LogP contribution < -0.4 is 19.9 Å². The van der Waals surface area contributed by atoms with E-state index in [1.165, 1.54) is 43.5 Å². The number of methoxy groups -OCH3 is 1. The number of alkyl halides is 2. The Morgan fingerprint density at radius 3 is 2.69 bits per heavy atom. The predicted octanol–water partition coefficient (Wildman–Crippen LogP) is 3.29. The number of nitrogens with zero attached hydrogens (tertiary/aromatic N) is 4. The number of rotatable bonds is 5. The molecule has 0 unspecified atom stereocenters. The minimum Gasteiger partial charge on any atom is -0.496 e. The van der Waals surface area contributed by atoms with Gasteiger partial charge in [0.05, 0.1) is 19.9 Å². The molecule has 0 saturated heterocycles. The smallest absolute Gasteiger partial charge is 0.342 e. The summed E-state index contributed by atoms with van der Waals surface area (Å²) < 4.78 is 34.4. The molecule has 2 N–H and O–H groups in total. The molecule has 2 aliphatic rings. The number of carbonyl (C=O) groups is 2. The normalized spacial score (nSPS) is 18.3. The summed E-state index contributed by atoms with van der Waals surface area (Å²) in [4.78, 5) is 34.7. The number of aromatic carboxylic acids is 1. The number of halogens is 2. The van der Waals surface area contributed by atoms with E-state index in [1.54, 1.807) is 0 Å². The lowest BCUT2D eigenvalue weighted by Gasteiger charge is -2.31. The molecular weight excluding hydrogens is 424 g/mol. The van der Waals surface area contributed by atoms with Crippen molar-refractivity contribution in [3.63, 3.8) is 0 Å². The van der Waals surface area contributed by atoms with Crippen molar-refractivity contribution in [3.05, 3.63) is 30.0 Å². The standard InChI is InChI=1S/C21H23F2N5O4/c1-27-15-10-24-20(25-12-7-8-14(18(29)30)16(9-12)32-2)26-17(15)28(13-5-3-4-6-13)11-21(22,23)19(27)31/h7-10,13H,3-6,11H2,1-2H3,(H,29,30)(H,24,25,26). The second kappa shape index (κ2) is 8.21. The molecule has 9 nitrogen and oxygen atoms in total. The predicted molar refractivity (Wildman–Crippen MR) is 113 cm³/mol. The van der Waals surface area contributed by atoms with Crippen molar-refractivity contribution in [2.45, 2.75) is 37.6 Å². The Bertz CT molecular complexity index is 1060. The number of fused-ring (bicyclic) bond motifs is 1. The first-order valence-electron chi connectivity index (χ1n) is 10.2. The summed E-state index contributed by atoms with van der Waals surface area (Å²) in [5.41, 5.74) is 0.668. The van der Waals surface area contributed by atoms with Gasteiger partial charge in [-0.2, -0.15) is 13.8 Å². The third-order valence-electron chi connectivity index (χ3n) is 5.82. The fraction of sp³-hybridized carbons (Fsp3) is 0.429. The van der Waals surface area contributed by atoms with Crippen molar-refractivity contribution in [3.8, 4) is 5.75 Å². The number of anilines is 4. The maximum absolute atomic E-state index is 14.7. The Morgan fingerprint density at radius 1 is 1.31 bits per heavy atom. The van der Waals surface area contributed by atoms with E-state index >= 15 is 0 Å². The van der Waals surface area contributed by atoms with Gasteiger partial charge in [-0.25, -0.2) is 9.78 Å². The van der Waals surface area contributed by atoms with Crippen LogP contribution in [0.15, 0.2) is 24.4 Å². The van der Waals surface area contributed by atoms with E-state index in [0.717, 1.165) is 30.6 Å². The Morgan fingerprint density at radius 2 is 2.03 bits per heavy atom. The molecule has 0 radical (unpaired) electrons. The average molecular weight is 447 g/mol. The Labute approximate surface area is 183 Å². The Balaban J connectivity index is 1.72. The fourth-order valence-corrected chi connectivity index (χ4v) is 4.18. The van der Waals surface area contributed by atoms with E-state index in [2.05, 4.69) is 15.3 Å². The molecule has 11 heteroatoms. The molecule has 1 aromatic heterocycles. The molecule has 32 heavy (non-hydrogen) atoms. The lowest BCUT2D eigenvalue weighted by molar-refractivity contribution is -0.140. The summed E-state index contributed by atoms with van der Waals surface area (Å²) in [6.07, 6.45) is 4.69. The van der Waals surface area contributed by atoms with Crippen molar-refractivity contribution in [1.29, 1.82) is 0 Å². The third kappa shape index (κ3) is 3.90. The highest BCUT2D eigenvalue weighted by Gasteiger charge is 2.48. The molecule has 1 aliphatic heterocycles. The highest BCUT2D eigenvalue weighted by Crippen LogP contribution is 2.39. The number of carboxylic acids is 1. The van der Waals surface area contributed by atoms with Crippen LogP contribution in [0.25, 0.3) is 0 Å². The molecule has 2 aromatic rings. The van der Waals surface area contributed by atoms with Gasteiger partial charge in [-0.1, -0.05) is 12.8 Å². The number of nitrogens with one attached hydrogen (secondary N) is 1. The number of benzene rings is 1. The number of ether oxygens (including phenoxy) is 1. The van der Waals surface area contributed by atoms with E-state index in [-0.39, 0.29) is 34.8 Å². The lowest BCUT2D eigenvalue weighted by atomic mass is 10.2. The van der Waals surface area contributed by atoms with Gasteiger partial charge in [0.1, 0.15) is 17.0 Å². The first kappa shape index (κ1) is 21.7. The minimum absolute atomic E-state index is 0.00401. The largest absolute Gasteiger partial charge is 0.496 e. The molecule has 0 spiro atoms. The van der Waals surface area contributed by atoms with Gasteiger partial charge in [-0.3, -0.25) is 4.79 Å². The molecule has 1 aromatic carbocycles. The topological polar surface area (TPSA) is 108 Å². The number of hydrogen-bond acceptors (Lipinski definition) is 7. The van der Waals surface area contributed by atoms with Crippen molar-refractivity contribution >= 4 is 35.0 Å². The van der Waals surface area contributed by atoms with Gasteiger partial charge < -0.3 is 25.0 Å². The van der Waals surface area contributed by atoms with Crippen LogP contribution in [0.3, 0.4) is 0 Å². The number of hydrogen-bond donors (Lipinski definition) is 2. The molecule has 1 amide bonds. The van der Waals surface area contributed by atoms with Crippen LogP contribution in [0.4, 0.5) is 31.9 Å². The molecule has 1 aliphatic carbocycles. The van der Waals surface area contributed by atoms with Crippen molar-refractivity contribution in [2.75, 3.05) is 35.8 Å². The second-order valence-corrected chi connectivity index (χ2v) is 7.88. The maximum Gasteiger partial charge on any atom is 0.342 e. The average Bonchev–Trinajstić information content (AvgIpc) is 3.28. The van der Waals surface area contributed by atoms with Gasteiger partial charge >= 0.3 is 11.9 Å². The highest BCUT2D eigenvalue weighted by molar-refractivity contribution is 6.02. The van der Waals surface area contributed by atoms with Crippen LogP contribution in [0.2, 0.25) is 0 Å². The second-order valence-electron chi connectivity index (χ2n) is 7.88. The highest BCUT2D eigenvalue weighted by atomic mass is 19.3. The SMILES string of the molecule is COc1cc(Nc2ncc3c(n2)N(C2CCCC2)CC(F)(F)C(=O)N3C)ccc1C(=O)O. The Hall–Kier alpha value is -3.50. The molecule has 2 heterocycles. The number of carboxylic acid groups (broad SMARTS) is 1. The van der Waals surface area contributed by atoms with Crippen LogP contribution in [-0.4, -0.2) is 59.6 Å². The van der Waals surface area contributed by atoms with Crippen LogP contribution >= 0.6 is 0 Å². The molecular formula is C21H23F2N5O4. The zero-order chi connectivity index (χ0) is 23.0. The summed E-state index contributed by atoms with van der Waals surface area (Å²) in [6.45, 7) is -0.745. The van der Waals surface area contributed by atoms with E-state index < -0.39 is 24.3 Å². The Kier molecular flexibility index (Phi) is 5.57. The summed E-state index contributed by atoms with van der Waals surface area (Å²) in [5.74, 6) is -5.44. The summed E-state index contributed by atoms with van der Waals surface area (Å²) in [5, 5.41) is 12.2. The fourth-order valence-electron chi connectivity index (χ4n) is 4.18. The maximum atomic E-state index is 14.7. The summed E-state index contributed by atoms with van der Waals surface area (Å²) in [6, 6.07) is 4.25. The first-order chi connectivity index (χ1) is 15.2. The van der Waals surface area contributed by atoms with Crippen LogP contribution in [-0.2, 0) is 4.79 Å². The minimum atomic E-state index is -3.55. The zero-order valence-corrected chi connectivity index (χ0v) is 17.6. The van der Waals surface area contributed by atoms with Gasteiger partial charge in [0, 0.05) is 24.8 Å². The molecule has 1 saturated carbocycles. The quantitative estimate of drug-likeness (QED) is 0.719. The molecule has 0 atom stereocenters. The van der Waals surface area contributed by atoms with Crippen molar-refractivity contribution in [2.24, 2.45) is 0 Å². The number of amides is 1. The molecule has 0 bridgehead atoms. The summed E-state index contributed by atoms with van der Waals surface area (Å²) in [7, 11) is 2.65. The van der Waals surface area contributed by atoms with Gasteiger partial charge in [0.15, 0.2) is 5.82 Å².